The molecule has 2 rings (SSSR count). The minimum Gasteiger partial charge on any atom is -0.329 e. The van der Waals surface area contributed by atoms with E-state index in [2.05, 4.69) is 15.5 Å². The average Bonchev–Trinajstić information content (AvgIpc) is 2.76. The lowest BCUT2D eigenvalue weighted by Crippen LogP contribution is -2.12. The number of tetrazole rings is 1. The Hall–Kier alpha value is -0.620. The van der Waals surface area contributed by atoms with E-state index in [9.17, 15) is 0 Å². The highest BCUT2D eigenvalue weighted by Crippen LogP contribution is 2.37. The Morgan fingerprint density at radius 1 is 1.58 bits per heavy atom. The topological polar surface area (TPSA) is 69.6 Å². The minimum absolute atomic E-state index is 0.587. The summed E-state index contributed by atoms with van der Waals surface area (Å²) in [6.45, 7) is 1.30. The summed E-state index contributed by atoms with van der Waals surface area (Å²) in [5.41, 5.74) is 5.41. The van der Waals surface area contributed by atoms with Crippen LogP contribution in [0, 0.1) is 0 Å². The SMILES string of the molecule is NCCn1nnnc1SC1CC1. The Labute approximate surface area is 74.7 Å². The van der Waals surface area contributed by atoms with Gasteiger partial charge in [0.25, 0.3) is 0 Å². The molecule has 0 spiro atoms. The molecule has 5 nitrogen and oxygen atoms in total. The molecule has 1 aromatic heterocycles. The maximum absolute atomic E-state index is 5.41. The number of thioether (sulfide) groups is 1. The van der Waals surface area contributed by atoms with E-state index in [1.165, 1.54) is 12.8 Å². The summed E-state index contributed by atoms with van der Waals surface area (Å²) in [5.74, 6) is 0. The van der Waals surface area contributed by atoms with Crippen molar-refractivity contribution in [2.75, 3.05) is 6.54 Å². The fourth-order valence-electron chi connectivity index (χ4n) is 0.878. The van der Waals surface area contributed by atoms with E-state index in [1.54, 1.807) is 16.4 Å². The second kappa shape index (κ2) is 3.40. The standard InChI is InChI=1S/C6H11N5S/c7-3-4-11-6(8-9-10-11)12-5-1-2-5/h5H,1-4,7H2. The first-order valence-electron chi connectivity index (χ1n) is 4.03. The number of aromatic nitrogens is 4. The zero-order valence-electron chi connectivity index (χ0n) is 6.68. The molecule has 1 saturated carbocycles. The molecule has 0 saturated heterocycles. The van der Waals surface area contributed by atoms with Gasteiger partial charge in [0.15, 0.2) is 0 Å². The summed E-state index contributed by atoms with van der Waals surface area (Å²) in [6.07, 6.45) is 2.58. The van der Waals surface area contributed by atoms with Crippen LogP contribution in [0.3, 0.4) is 0 Å². The molecule has 0 unspecified atom stereocenters. The van der Waals surface area contributed by atoms with Crippen molar-refractivity contribution in [1.29, 1.82) is 0 Å². The number of hydrogen-bond acceptors (Lipinski definition) is 5. The number of rotatable bonds is 4. The van der Waals surface area contributed by atoms with Gasteiger partial charge in [-0.15, -0.1) is 5.10 Å². The number of hydrogen-bond donors (Lipinski definition) is 1. The molecule has 0 aliphatic heterocycles. The predicted molar refractivity (Wildman–Crippen MR) is 45.8 cm³/mol. The van der Waals surface area contributed by atoms with Gasteiger partial charge in [-0.05, 0) is 23.3 Å². The van der Waals surface area contributed by atoms with Gasteiger partial charge >= 0.3 is 0 Å². The second-order valence-corrected chi connectivity index (χ2v) is 4.06. The van der Waals surface area contributed by atoms with Crippen molar-refractivity contribution in [2.45, 2.75) is 29.8 Å². The van der Waals surface area contributed by atoms with Crippen LogP contribution < -0.4 is 5.73 Å². The molecule has 2 N–H and O–H groups in total. The van der Waals surface area contributed by atoms with Crippen LogP contribution in [0.15, 0.2) is 5.16 Å². The Morgan fingerprint density at radius 2 is 2.42 bits per heavy atom. The molecule has 0 radical (unpaired) electrons. The fourth-order valence-corrected chi connectivity index (χ4v) is 1.88. The van der Waals surface area contributed by atoms with Gasteiger partial charge in [-0.25, -0.2) is 4.68 Å². The molecular formula is C6H11N5S. The van der Waals surface area contributed by atoms with E-state index < -0.39 is 0 Å². The summed E-state index contributed by atoms with van der Waals surface area (Å²) in [7, 11) is 0. The largest absolute Gasteiger partial charge is 0.329 e. The van der Waals surface area contributed by atoms with Crippen molar-refractivity contribution in [1.82, 2.24) is 20.2 Å². The van der Waals surface area contributed by atoms with Crippen molar-refractivity contribution >= 4 is 11.8 Å². The van der Waals surface area contributed by atoms with Crippen molar-refractivity contribution < 1.29 is 0 Å². The van der Waals surface area contributed by atoms with Crippen molar-refractivity contribution in [3.8, 4) is 0 Å². The van der Waals surface area contributed by atoms with Crippen LogP contribution in [-0.2, 0) is 6.54 Å². The Bertz CT molecular complexity index is 256. The van der Waals surface area contributed by atoms with E-state index in [-0.39, 0.29) is 0 Å². The third kappa shape index (κ3) is 1.75. The highest BCUT2D eigenvalue weighted by atomic mass is 32.2. The molecule has 6 heteroatoms. The van der Waals surface area contributed by atoms with Gasteiger partial charge in [-0.2, -0.15) is 0 Å². The first kappa shape index (κ1) is 8.00. The normalized spacial score (nSPS) is 16.8. The smallest absolute Gasteiger partial charge is 0.209 e. The van der Waals surface area contributed by atoms with Crippen molar-refractivity contribution in [3.63, 3.8) is 0 Å². The highest BCUT2D eigenvalue weighted by molar-refractivity contribution is 8.00. The highest BCUT2D eigenvalue weighted by Gasteiger charge is 2.25. The summed E-state index contributed by atoms with van der Waals surface area (Å²) < 4.78 is 1.77. The third-order valence-corrected chi connectivity index (χ3v) is 2.94. The van der Waals surface area contributed by atoms with Crippen LogP contribution in [0.1, 0.15) is 12.8 Å². The van der Waals surface area contributed by atoms with Crippen LogP contribution in [0.4, 0.5) is 0 Å². The van der Waals surface area contributed by atoms with E-state index in [1.807, 2.05) is 0 Å². The van der Waals surface area contributed by atoms with E-state index in [0.29, 0.717) is 13.1 Å². The minimum atomic E-state index is 0.587. The van der Waals surface area contributed by atoms with Gasteiger partial charge in [0.1, 0.15) is 0 Å². The summed E-state index contributed by atoms with van der Waals surface area (Å²) in [6, 6.07) is 0. The average molecular weight is 185 g/mol. The van der Waals surface area contributed by atoms with Gasteiger partial charge in [-0.3, -0.25) is 0 Å². The van der Waals surface area contributed by atoms with Crippen LogP contribution in [0.5, 0.6) is 0 Å². The van der Waals surface area contributed by atoms with Crippen LogP contribution >= 0.6 is 11.8 Å². The Kier molecular flexibility index (Phi) is 2.27. The maximum Gasteiger partial charge on any atom is 0.209 e. The molecule has 1 fully saturated rings. The first-order valence-corrected chi connectivity index (χ1v) is 4.91. The lowest BCUT2D eigenvalue weighted by atomic mass is 10.7. The molecule has 0 bridgehead atoms. The zero-order valence-corrected chi connectivity index (χ0v) is 7.50. The van der Waals surface area contributed by atoms with Crippen LogP contribution in [0.2, 0.25) is 0 Å². The predicted octanol–water partition coefficient (Wildman–Crippen LogP) is -0.114. The second-order valence-electron chi connectivity index (χ2n) is 2.79. The van der Waals surface area contributed by atoms with Crippen LogP contribution in [0.25, 0.3) is 0 Å². The zero-order chi connectivity index (χ0) is 8.39. The van der Waals surface area contributed by atoms with Crippen molar-refractivity contribution in [2.24, 2.45) is 5.73 Å². The van der Waals surface area contributed by atoms with Gasteiger partial charge < -0.3 is 5.73 Å². The molecule has 1 aromatic rings. The van der Waals surface area contributed by atoms with Gasteiger partial charge in [0.05, 0.1) is 6.54 Å². The molecule has 1 aliphatic rings. The summed E-state index contributed by atoms with van der Waals surface area (Å²) in [5, 5.41) is 13.0. The molecule has 1 heterocycles. The van der Waals surface area contributed by atoms with Gasteiger partial charge in [0.2, 0.25) is 5.16 Å². The molecular weight excluding hydrogens is 174 g/mol. The maximum atomic E-state index is 5.41. The lowest BCUT2D eigenvalue weighted by Gasteiger charge is -1.99. The molecule has 1 aliphatic carbocycles. The van der Waals surface area contributed by atoms with Gasteiger partial charge in [0, 0.05) is 11.8 Å². The van der Waals surface area contributed by atoms with Crippen molar-refractivity contribution in [3.05, 3.63) is 0 Å². The monoisotopic (exact) mass is 185 g/mol. The van der Waals surface area contributed by atoms with E-state index in [4.69, 9.17) is 5.73 Å². The van der Waals surface area contributed by atoms with Crippen LogP contribution in [-0.4, -0.2) is 32.0 Å². The van der Waals surface area contributed by atoms with Gasteiger partial charge in [-0.1, -0.05) is 11.8 Å². The quantitative estimate of drug-likeness (QED) is 0.708. The summed E-state index contributed by atoms with van der Waals surface area (Å²) in [4.78, 5) is 0. The number of nitrogens with zero attached hydrogens (tertiary/aromatic N) is 4. The third-order valence-electron chi connectivity index (χ3n) is 1.64. The number of nitrogens with two attached hydrogens (primary N) is 1. The Morgan fingerprint density at radius 3 is 3.08 bits per heavy atom. The Balaban J connectivity index is 2.01. The van der Waals surface area contributed by atoms with E-state index in [0.717, 1.165) is 10.4 Å². The summed E-state index contributed by atoms with van der Waals surface area (Å²) >= 11 is 1.75. The van der Waals surface area contributed by atoms with E-state index >= 15 is 0 Å². The molecule has 0 amide bonds. The molecule has 66 valence electrons. The molecule has 0 atom stereocenters. The lowest BCUT2D eigenvalue weighted by molar-refractivity contribution is 0.557. The molecule has 12 heavy (non-hydrogen) atoms. The first-order chi connectivity index (χ1) is 5.90. The molecule has 0 aromatic carbocycles. The fraction of sp³-hybridized carbons (Fsp3) is 0.833.